The maximum atomic E-state index is 6.27. The third kappa shape index (κ3) is 2.64. The van der Waals surface area contributed by atoms with Crippen LogP contribution in [0.3, 0.4) is 0 Å². The average molecular weight is 268 g/mol. The van der Waals surface area contributed by atoms with Gasteiger partial charge in [0.1, 0.15) is 0 Å². The molecule has 0 atom stereocenters. The molecule has 0 spiro atoms. The molecule has 20 heavy (non-hydrogen) atoms. The molecule has 0 radical (unpaired) electrons. The molecule has 2 rings (SSSR count). The Labute approximate surface area is 121 Å². The molecule has 0 heterocycles. The lowest BCUT2D eigenvalue weighted by molar-refractivity contribution is 0.796. The SMILES string of the molecule is CCCCc1ccccc1-c1c(N)cc(C)c(N)c1C. The predicted molar refractivity (Wildman–Crippen MR) is 88.8 cm³/mol. The highest BCUT2D eigenvalue weighted by Gasteiger charge is 2.14. The molecule has 2 aromatic rings. The molecule has 0 unspecified atom stereocenters. The Morgan fingerprint density at radius 3 is 2.45 bits per heavy atom. The Bertz CT molecular complexity index is 615. The standard InChI is InChI=1S/C18H24N2/c1-4-5-8-14-9-6-7-10-15(14)17-13(3)18(20)12(2)11-16(17)19/h6-7,9-11H,4-5,8,19-20H2,1-3H3. The van der Waals surface area contributed by atoms with Gasteiger partial charge in [-0.05, 0) is 55.0 Å². The van der Waals surface area contributed by atoms with Crippen molar-refractivity contribution in [1.82, 2.24) is 0 Å². The highest BCUT2D eigenvalue weighted by molar-refractivity contribution is 5.86. The molecule has 2 heteroatoms. The maximum Gasteiger partial charge on any atom is 0.0400 e. The first-order valence-electron chi connectivity index (χ1n) is 7.29. The zero-order chi connectivity index (χ0) is 14.7. The van der Waals surface area contributed by atoms with Crippen molar-refractivity contribution >= 4 is 11.4 Å². The average Bonchev–Trinajstić information content (AvgIpc) is 2.44. The second-order valence-corrected chi connectivity index (χ2v) is 5.46. The lowest BCUT2D eigenvalue weighted by atomic mass is 9.90. The summed E-state index contributed by atoms with van der Waals surface area (Å²) in [5, 5.41) is 0. The summed E-state index contributed by atoms with van der Waals surface area (Å²) in [6.45, 7) is 6.28. The van der Waals surface area contributed by atoms with E-state index in [4.69, 9.17) is 11.5 Å². The van der Waals surface area contributed by atoms with Crippen molar-refractivity contribution < 1.29 is 0 Å². The number of hydrogen-bond donors (Lipinski definition) is 2. The fraction of sp³-hybridized carbons (Fsp3) is 0.333. The van der Waals surface area contributed by atoms with E-state index in [0.717, 1.165) is 34.5 Å². The number of unbranched alkanes of at least 4 members (excludes halogenated alkanes) is 1. The van der Waals surface area contributed by atoms with E-state index in [1.165, 1.54) is 24.0 Å². The van der Waals surface area contributed by atoms with Gasteiger partial charge in [0.05, 0.1) is 0 Å². The van der Waals surface area contributed by atoms with E-state index in [9.17, 15) is 0 Å². The zero-order valence-corrected chi connectivity index (χ0v) is 12.7. The van der Waals surface area contributed by atoms with Gasteiger partial charge in [0, 0.05) is 16.9 Å². The largest absolute Gasteiger partial charge is 0.398 e. The molecular formula is C18H24N2. The van der Waals surface area contributed by atoms with Crippen LogP contribution in [-0.2, 0) is 6.42 Å². The summed E-state index contributed by atoms with van der Waals surface area (Å²) in [5.74, 6) is 0. The molecule has 0 fully saturated rings. The molecule has 0 aliphatic heterocycles. The van der Waals surface area contributed by atoms with Crippen molar-refractivity contribution in [2.24, 2.45) is 0 Å². The van der Waals surface area contributed by atoms with Crippen molar-refractivity contribution in [2.45, 2.75) is 40.0 Å². The lowest BCUT2D eigenvalue weighted by Crippen LogP contribution is -2.02. The molecule has 0 amide bonds. The minimum Gasteiger partial charge on any atom is -0.398 e. The predicted octanol–water partition coefficient (Wildman–Crippen LogP) is 4.48. The third-order valence-electron chi connectivity index (χ3n) is 3.95. The van der Waals surface area contributed by atoms with Crippen molar-refractivity contribution in [1.29, 1.82) is 0 Å². The van der Waals surface area contributed by atoms with Crippen LogP contribution >= 0.6 is 0 Å². The van der Waals surface area contributed by atoms with Crippen molar-refractivity contribution in [3.8, 4) is 11.1 Å². The van der Waals surface area contributed by atoms with Gasteiger partial charge in [-0.15, -0.1) is 0 Å². The number of rotatable bonds is 4. The summed E-state index contributed by atoms with van der Waals surface area (Å²) < 4.78 is 0. The molecule has 106 valence electrons. The number of nitrogens with two attached hydrogens (primary N) is 2. The highest BCUT2D eigenvalue weighted by Crippen LogP contribution is 2.37. The first kappa shape index (κ1) is 14.4. The van der Waals surface area contributed by atoms with Gasteiger partial charge in [-0.1, -0.05) is 37.6 Å². The fourth-order valence-corrected chi connectivity index (χ4v) is 2.74. The quantitative estimate of drug-likeness (QED) is 0.803. The number of hydrogen-bond acceptors (Lipinski definition) is 2. The molecule has 0 saturated carbocycles. The summed E-state index contributed by atoms with van der Waals surface area (Å²) >= 11 is 0. The number of nitrogen functional groups attached to an aromatic ring is 2. The van der Waals surface area contributed by atoms with Gasteiger partial charge >= 0.3 is 0 Å². The smallest absolute Gasteiger partial charge is 0.0400 e. The van der Waals surface area contributed by atoms with E-state index in [1.54, 1.807) is 0 Å². The topological polar surface area (TPSA) is 52.0 Å². The van der Waals surface area contributed by atoms with E-state index < -0.39 is 0 Å². The van der Waals surface area contributed by atoms with E-state index in [2.05, 4.69) is 38.1 Å². The monoisotopic (exact) mass is 268 g/mol. The second kappa shape index (κ2) is 6.00. The van der Waals surface area contributed by atoms with Crippen molar-refractivity contribution in [2.75, 3.05) is 11.5 Å². The summed E-state index contributed by atoms with van der Waals surface area (Å²) in [5.41, 5.74) is 19.9. The van der Waals surface area contributed by atoms with Gasteiger partial charge in [0.15, 0.2) is 0 Å². The van der Waals surface area contributed by atoms with Gasteiger partial charge in [0.25, 0.3) is 0 Å². The molecule has 0 bridgehead atoms. The lowest BCUT2D eigenvalue weighted by Gasteiger charge is -2.17. The van der Waals surface area contributed by atoms with Gasteiger partial charge in [-0.25, -0.2) is 0 Å². The van der Waals surface area contributed by atoms with Crippen LogP contribution in [0.15, 0.2) is 30.3 Å². The van der Waals surface area contributed by atoms with Crippen LogP contribution in [0.25, 0.3) is 11.1 Å². The first-order chi connectivity index (χ1) is 9.56. The van der Waals surface area contributed by atoms with Crippen molar-refractivity contribution in [3.63, 3.8) is 0 Å². The Kier molecular flexibility index (Phi) is 4.33. The molecule has 2 nitrogen and oxygen atoms in total. The number of aryl methyl sites for hydroxylation is 2. The first-order valence-corrected chi connectivity index (χ1v) is 7.29. The molecule has 2 aromatic carbocycles. The summed E-state index contributed by atoms with van der Waals surface area (Å²) in [7, 11) is 0. The molecule has 0 aromatic heterocycles. The Balaban J connectivity index is 2.60. The molecule has 0 aliphatic carbocycles. The second-order valence-electron chi connectivity index (χ2n) is 5.46. The molecule has 0 aliphatic rings. The fourth-order valence-electron chi connectivity index (χ4n) is 2.74. The van der Waals surface area contributed by atoms with Gasteiger partial charge in [-0.3, -0.25) is 0 Å². The van der Waals surface area contributed by atoms with Crippen LogP contribution < -0.4 is 11.5 Å². The van der Waals surface area contributed by atoms with E-state index >= 15 is 0 Å². The Morgan fingerprint density at radius 1 is 1.05 bits per heavy atom. The van der Waals surface area contributed by atoms with Crippen LogP contribution in [0, 0.1) is 13.8 Å². The van der Waals surface area contributed by atoms with Gasteiger partial charge < -0.3 is 11.5 Å². The van der Waals surface area contributed by atoms with E-state index in [0.29, 0.717) is 0 Å². The van der Waals surface area contributed by atoms with Crippen molar-refractivity contribution in [3.05, 3.63) is 47.0 Å². The van der Waals surface area contributed by atoms with Gasteiger partial charge in [0.2, 0.25) is 0 Å². The summed E-state index contributed by atoms with van der Waals surface area (Å²) in [4.78, 5) is 0. The summed E-state index contributed by atoms with van der Waals surface area (Å²) in [6.07, 6.45) is 3.47. The zero-order valence-electron chi connectivity index (χ0n) is 12.7. The minimum absolute atomic E-state index is 0.818. The third-order valence-corrected chi connectivity index (χ3v) is 3.95. The Hall–Kier alpha value is -1.96. The van der Waals surface area contributed by atoms with Crippen LogP contribution in [0.4, 0.5) is 11.4 Å². The normalized spacial score (nSPS) is 10.8. The molecular weight excluding hydrogens is 244 g/mol. The van der Waals surface area contributed by atoms with Crippen LogP contribution in [-0.4, -0.2) is 0 Å². The number of benzene rings is 2. The minimum atomic E-state index is 0.818. The van der Waals surface area contributed by atoms with E-state index in [-0.39, 0.29) is 0 Å². The number of anilines is 2. The Morgan fingerprint density at radius 2 is 1.75 bits per heavy atom. The van der Waals surface area contributed by atoms with Crippen LogP contribution in [0.5, 0.6) is 0 Å². The maximum absolute atomic E-state index is 6.27. The highest BCUT2D eigenvalue weighted by atomic mass is 14.6. The van der Waals surface area contributed by atoms with Crippen LogP contribution in [0.1, 0.15) is 36.5 Å². The molecule has 4 N–H and O–H groups in total. The van der Waals surface area contributed by atoms with E-state index in [1.807, 2.05) is 13.0 Å². The van der Waals surface area contributed by atoms with Gasteiger partial charge in [-0.2, -0.15) is 0 Å². The summed E-state index contributed by atoms with van der Waals surface area (Å²) in [6, 6.07) is 10.5. The van der Waals surface area contributed by atoms with Crippen LogP contribution in [0.2, 0.25) is 0 Å². The molecule has 0 saturated heterocycles.